The van der Waals surface area contributed by atoms with E-state index in [-0.39, 0.29) is 18.1 Å². The van der Waals surface area contributed by atoms with E-state index in [2.05, 4.69) is 4.98 Å². The normalized spacial score (nSPS) is 10.2. The Balaban J connectivity index is 2.38. The van der Waals surface area contributed by atoms with Gasteiger partial charge in [-0.25, -0.2) is 14.2 Å². The van der Waals surface area contributed by atoms with Crippen molar-refractivity contribution in [2.24, 2.45) is 0 Å². The van der Waals surface area contributed by atoms with Crippen LogP contribution < -0.4 is 9.47 Å². The zero-order valence-corrected chi connectivity index (χ0v) is 11.0. The molecule has 0 amide bonds. The number of methoxy groups -OCH3 is 1. The summed E-state index contributed by atoms with van der Waals surface area (Å²) in [5, 5.41) is 17.9. The molecule has 2 rings (SSSR count). The van der Waals surface area contributed by atoms with Crippen LogP contribution >= 0.6 is 0 Å². The van der Waals surface area contributed by atoms with Crippen molar-refractivity contribution in [2.75, 3.05) is 7.11 Å². The summed E-state index contributed by atoms with van der Waals surface area (Å²) in [6.07, 6.45) is 1.14. The number of carbonyl (C=O) groups is 1. The smallest absolute Gasteiger partial charge is 0.338 e. The summed E-state index contributed by atoms with van der Waals surface area (Å²) in [6.45, 7) is -0.183. The summed E-state index contributed by atoms with van der Waals surface area (Å²) < 4.78 is 24.3. The van der Waals surface area contributed by atoms with Crippen molar-refractivity contribution in [3.8, 4) is 17.4 Å². The van der Waals surface area contributed by atoms with Crippen molar-refractivity contribution in [3.05, 3.63) is 47.4 Å². The lowest BCUT2D eigenvalue weighted by molar-refractivity contribution is 0.0690. The molecule has 1 heterocycles. The van der Waals surface area contributed by atoms with Crippen LogP contribution in [-0.2, 0) is 6.61 Å². The molecule has 6 nitrogen and oxygen atoms in total. The fourth-order valence-electron chi connectivity index (χ4n) is 1.66. The maximum atomic E-state index is 13.9. The number of carboxylic acids is 1. The molecule has 0 aliphatic carbocycles. The van der Waals surface area contributed by atoms with E-state index in [1.807, 2.05) is 0 Å². The van der Waals surface area contributed by atoms with Gasteiger partial charge < -0.3 is 19.7 Å². The van der Waals surface area contributed by atoms with Gasteiger partial charge in [-0.3, -0.25) is 0 Å². The van der Waals surface area contributed by atoms with Crippen LogP contribution in [0.4, 0.5) is 4.39 Å². The van der Waals surface area contributed by atoms with Crippen LogP contribution in [0.15, 0.2) is 30.5 Å². The van der Waals surface area contributed by atoms with Crippen molar-refractivity contribution in [2.45, 2.75) is 6.61 Å². The fourth-order valence-corrected chi connectivity index (χ4v) is 1.66. The fraction of sp³-hybridized carbons (Fsp3) is 0.143. The first kappa shape index (κ1) is 14.7. The number of rotatable bonds is 5. The number of nitrogens with zero attached hydrogens (tertiary/aromatic N) is 1. The largest absolute Gasteiger partial charge is 0.493 e. The highest BCUT2D eigenvalue weighted by molar-refractivity contribution is 5.88. The second-order valence-electron chi connectivity index (χ2n) is 4.03. The Morgan fingerprint density at radius 2 is 2.10 bits per heavy atom. The van der Waals surface area contributed by atoms with E-state index in [1.165, 1.54) is 19.2 Å². The molecule has 0 radical (unpaired) electrons. The van der Waals surface area contributed by atoms with Crippen molar-refractivity contribution < 1.29 is 28.9 Å². The quantitative estimate of drug-likeness (QED) is 0.878. The highest BCUT2D eigenvalue weighted by Gasteiger charge is 2.18. The number of pyridine rings is 1. The summed E-state index contributed by atoms with van der Waals surface area (Å²) in [7, 11) is 1.39. The number of aliphatic hydroxyl groups is 1. The van der Waals surface area contributed by atoms with Crippen molar-refractivity contribution >= 4 is 5.97 Å². The number of aromatic carboxylic acids is 1. The van der Waals surface area contributed by atoms with Crippen molar-refractivity contribution in [3.63, 3.8) is 0 Å². The minimum absolute atomic E-state index is 0.156. The molecular weight excluding hydrogens is 281 g/mol. The van der Waals surface area contributed by atoms with Crippen molar-refractivity contribution in [1.82, 2.24) is 4.98 Å². The molecular formula is C14H12FNO5. The van der Waals surface area contributed by atoms with Crippen LogP contribution in [0.1, 0.15) is 15.9 Å². The Bertz CT molecular complexity index is 674. The van der Waals surface area contributed by atoms with Gasteiger partial charge in [-0.1, -0.05) is 6.07 Å². The number of halogens is 1. The SMILES string of the molecule is COc1cc(CO)ccc1Oc1nccc(C(=O)O)c1F. The Morgan fingerprint density at radius 1 is 1.33 bits per heavy atom. The van der Waals surface area contributed by atoms with Crippen LogP contribution in [0.3, 0.4) is 0 Å². The molecule has 0 saturated carbocycles. The lowest BCUT2D eigenvalue weighted by Gasteiger charge is -2.11. The minimum atomic E-state index is -1.41. The Hall–Kier alpha value is -2.67. The highest BCUT2D eigenvalue weighted by Crippen LogP contribution is 2.33. The van der Waals surface area contributed by atoms with Gasteiger partial charge in [0.25, 0.3) is 5.88 Å². The van der Waals surface area contributed by atoms with E-state index in [9.17, 15) is 9.18 Å². The van der Waals surface area contributed by atoms with Gasteiger partial charge >= 0.3 is 5.97 Å². The summed E-state index contributed by atoms with van der Waals surface area (Å²) in [5.74, 6) is -2.53. The molecule has 0 unspecified atom stereocenters. The first-order chi connectivity index (χ1) is 10.1. The zero-order valence-electron chi connectivity index (χ0n) is 11.0. The molecule has 2 N–H and O–H groups in total. The van der Waals surface area contributed by atoms with Gasteiger partial charge in [0.2, 0.25) is 0 Å². The number of hydrogen-bond acceptors (Lipinski definition) is 5. The molecule has 0 bridgehead atoms. The van der Waals surface area contributed by atoms with E-state index in [4.69, 9.17) is 19.7 Å². The molecule has 7 heteroatoms. The molecule has 0 aliphatic rings. The molecule has 1 aromatic carbocycles. The monoisotopic (exact) mass is 293 g/mol. The number of benzene rings is 1. The maximum absolute atomic E-state index is 13.9. The summed E-state index contributed by atoms with van der Waals surface area (Å²) in [4.78, 5) is 14.5. The van der Waals surface area contributed by atoms with Gasteiger partial charge in [0, 0.05) is 6.20 Å². The summed E-state index contributed by atoms with van der Waals surface area (Å²) in [5.41, 5.74) is 0.0536. The number of hydrogen-bond donors (Lipinski definition) is 2. The van der Waals surface area contributed by atoms with Gasteiger partial charge in [0.05, 0.1) is 13.7 Å². The predicted octanol–water partition coefficient (Wildman–Crippen LogP) is 2.21. The van der Waals surface area contributed by atoms with Gasteiger partial charge in [0.15, 0.2) is 17.3 Å². The maximum Gasteiger partial charge on any atom is 0.338 e. The Kier molecular flexibility index (Phi) is 4.34. The highest BCUT2D eigenvalue weighted by atomic mass is 19.1. The third-order valence-electron chi connectivity index (χ3n) is 2.70. The average molecular weight is 293 g/mol. The van der Waals surface area contributed by atoms with Crippen LogP contribution in [0, 0.1) is 5.82 Å². The third-order valence-corrected chi connectivity index (χ3v) is 2.70. The van der Waals surface area contributed by atoms with E-state index >= 15 is 0 Å². The molecule has 110 valence electrons. The van der Waals surface area contributed by atoms with E-state index in [0.717, 1.165) is 12.3 Å². The molecule has 0 saturated heterocycles. The van der Waals surface area contributed by atoms with Gasteiger partial charge in [0.1, 0.15) is 5.56 Å². The number of aliphatic hydroxyl groups excluding tert-OH is 1. The standard InChI is InChI=1S/C14H12FNO5/c1-20-11-6-8(7-17)2-3-10(11)21-13-12(15)9(14(18)19)4-5-16-13/h2-6,17H,7H2,1H3,(H,18,19). The summed E-state index contributed by atoms with van der Waals surface area (Å²) in [6, 6.07) is 5.60. The molecule has 2 aromatic rings. The number of aromatic nitrogens is 1. The number of ether oxygens (including phenoxy) is 2. The minimum Gasteiger partial charge on any atom is -0.493 e. The second kappa shape index (κ2) is 6.19. The van der Waals surface area contributed by atoms with E-state index in [1.54, 1.807) is 6.07 Å². The molecule has 0 atom stereocenters. The topological polar surface area (TPSA) is 88.9 Å². The first-order valence-corrected chi connectivity index (χ1v) is 5.90. The average Bonchev–Trinajstić information content (AvgIpc) is 2.49. The van der Waals surface area contributed by atoms with Crippen LogP contribution in [0.25, 0.3) is 0 Å². The number of carboxylic acid groups (broad SMARTS) is 1. The lowest BCUT2D eigenvalue weighted by atomic mass is 10.2. The molecule has 0 spiro atoms. The van der Waals surface area contributed by atoms with Crippen LogP contribution in [0.5, 0.6) is 17.4 Å². The van der Waals surface area contributed by atoms with Crippen molar-refractivity contribution in [1.29, 1.82) is 0 Å². The van der Waals surface area contributed by atoms with E-state index in [0.29, 0.717) is 5.56 Å². The van der Waals surface area contributed by atoms with Gasteiger partial charge in [-0.15, -0.1) is 0 Å². The lowest BCUT2D eigenvalue weighted by Crippen LogP contribution is -2.04. The first-order valence-electron chi connectivity index (χ1n) is 5.90. The third kappa shape index (κ3) is 3.09. The van der Waals surface area contributed by atoms with Gasteiger partial charge in [-0.2, -0.15) is 0 Å². The predicted molar refractivity (Wildman–Crippen MR) is 70.1 cm³/mol. The summed E-state index contributed by atoms with van der Waals surface area (Å²) >= 11 is 0. The second-order valence-corrected chi connectivity index (χ2v) is 4.03. The molecule has 1 aromatic heterocycles. The molecule has 21 heavy (non-hydrogen) atoms. The molecule has 0 aliphatic heterocycles. The Labute approximate surface area is 119 Å². The van der Waals surface area contributed by atoms with E-state index < -0.39 is 23.2 Å². The van der Waals surface area contributed by atoms with Gasteiger partial charge in [-0.05, 0) is 23.8 Å². The molecule has 0 fully saturated rings. The Morgan fingerprint density at radius 3 is 2.71 bits per heavy atom. The van der Waals surface area contributed by atoms with Crippen LogP contribution in [0.2, 0.25) is 0 Å². The zero-order chi connectivity index (χ0) is 15.4. The van der Waals surface area contributed by atoms with Crippen LogP contribution in [-0.4, -0.2) is 28.3 Å².